The first kappa shape index (κ1) is 16.6. The van der Waals surface area contributed by atoms with Gasteiger partial charge in [0.2, 0.25) is 0 Å². The van der Waals surface area contributed by atoms with Gasteiger partial charge in [-0.3, -0.25) is 0 Å². The number of rotatable bonds is 2. The SMILES string of the molecule is O.O=C(OC(=O)c1ccc(Br)cc1)c1ccc(Br)cc1. The molecule has 0 aliphatic carbocycles. The van der Waals surface area contributed by atoms with Crippen molar-refractivity contribution in [2.45, 2.75) is 0 Å². The number of ether oxygens (including phenoxy) is 1. The molecule has 0 atom stereocenters. The molecular formula is C14H10Br2O4. The highest BCUT2D eigenvalue weighted by molar-refractivity contribution is 9.10. The second kappa shape index (κ2) is 7.33. The maximum absolute atomic E-state index is 11.7. The van der Waals surface area contributed by atoms with Gasteiger partial charge in [0, 0.05) is 8.95 Å². The van der Waals surface area contributed by atoms with Gasteiger partial charge in [0.25, 0.3) is 0 Å². The summed E-state index contributed by atoms with van der Waals surface area (Å²) in [7, 11) is 0. The van der Waals surface area contributed by atoms with Gasteiger partial charge in [-0.25, -0.2) is 9.59 Å². The van der Waals surface area contributed by atoms with Crippen molar-refractivity contribution in [2.75, 3.05) is 0 Å². The first-order valence-corrected chi connectivity index (χ1v) is 6.92. The second-order valence-electron chi connectivity index (χ2n) is 3.69. The lowest BCUT2D eigenvalue weighted by Gasteiger charge is -2.03. The summed E-state index contributed by atoms with van der Waals surface area (Å²) in [6.07, 6.45) is 0. The molecule has 0 aliphatic rings. The van der Waals surface area contributed by atoms with E-state index in [9.17, 15) is 9.59 Å². The number of carbonyl (C=O) groups excluding carboxylic acids is 2. The number of carbonyl (C=O) groups is 2. The van der Waals surface area contributed by atoms with E-state index >= 15 is 0 Å². The van der Waals surface area contributed by atoms with E-state index in [1.54, 1.807) is 48.5 Å². The number of benzene rings is 2. The van der Waals surface area contributed by atoms with Gasteiger partial charge in [-0.15, -0.1) is 0 Å². The lowest BCUT2D eigenvalue weighted by atomic mass is 10.2. The smallest absolute Gasteiger partial charge is 0.346 e. The summed E-state index contributed by atoms with van der Waals surface area (Å²) < 4.78 is 6.49. The quantitative estimate of drug-likeness (QED) is 0.571. The van der Waals surface area contributed by atoms with Crippen LogP contribution in [0.25, 0.3) is 0 Å². The number of esters is 2. The van der Waals surface area contributed by atoms with E-state index in [2.05, 4.69) is 31.9 Å². The topological polar surface area (TPSA) is 74.9 Å². The molecule has 0 unspecified atom stereocenters. The molecule has 0 radical (unpaired) electrons. The molecule has 0 fully saturated rings. The predicted octanol–water partition coefficient (Wildman–Crippen LogP) is 3.38. The van der Waals surface area contributed by atoms with Crippen LogP contribution in [0, 0.1) is 0 Å². The van der Waals surface area contributed by atoms with E-state index in [1.165, 1.54) is 0 Å². The molecule has 2 N–H and O–H groups in total. The van der Waals surface area contributed by atoms with Crippen molar-refractivity contribution in [3.63, 3.8) is 0 Å². The molecule has 0 saturated heterocycles. The van der Waals surface area contributed by atoms with E-state index in [4.69, 9.17) is 4.74 Å². The fraction of sp³-hybridized carbons (Fsp3) is 0. The van der Waals surface area contributed by atoms with Gasteiger partial charge in [-0.2, -0.15) is 0 Å². The molecule has 4 nitrogen and oxygen atoms in total. The zero-order valence-electron chi connectivity index (χ0n) is 10.1. The highest BCUT2D eigenvalue weighted by Crippen LogP contribution is 2.14. The minimum absolute atomic E-state index is 0. The van der Waals surface area contributed by atoms with Gasteiger partial charge in [-0.05, 0) is 48.5 Å². The Hall–Kier alpha value is -1.50. The largest absolute Gasteiger partial charge is 0.412 e. The lowest BCUT2D eigenvalue weighted by Crippen LogP contribution is -2.12. The van der Waals surface area contributed by atoms with E-state index in [1.807, 2.05) is 0 Å². The Morgan fingerprint density at radius 1 is 0.700 bits per heavy atom. The van der Waals surface area contributed by atoms with Crippen LogP contribution in [0.3, 0.4) is 0 Å². The number of hydrogen-bond donors (Lipinski definition) is 0. The molecular weight excluding hydrogens is 392 g/mol. The molecule has 0 spiro atoms. The van der Waals surface area contributed by atoms with Crippen LogP contribution in [-0.2, 0) is 4.74 Å². The van der Waals surface area contributed by atoms with Crippen molar-refractivity contribution in [3.8, 4) is 0 Å². The third-order valence-electron chi connectivity index (χ3n) is 2.35. The van der Waals surface area contributed by atoms with Crippen LogP contribution < -0.4 is 0 Å². The minimum Gasteiger partial charge on any atom is -0.412 e. The van der Waals surface area contributed by atoms with Crippen molar-refractivity contribution in [2.24, 2.45) is 0 Å². The summed E-state index contributed by atoms with van der Waals surface area (Å²) >= 11 is 6.53. The van der Waals surface area contributed by atoms with Crippen molar-refractivity contribution in [3.05, 3.63) is 68.6 Å². The molecule has 20 heavy (non-hydrogen) atoms. The van der Waals surface area contributed by atoms with Crippen LogP contribution in [0.15, 0.2) is 57.5 Å². The summed E-state index contributed by atoms with van der Waals surface area (Å²) in [6.45, 7) is 0. The summed E-state index contributed by atoms with van der Waals surface area (Å²) in [4.78, 5) is 23.5. The van der Waals surface area contributed by atoms with E-state index in [-0.39, 0.29) is 5.48 Å². The monoisotopic (exact) mass is 400 g/mol. The summed E-state index contributed by atoms with van der Waals surface area (Å²) in [5, 5.41) is 0. The van der Waals surface area contributed by atoms with Gasteiger partial charge in [0.1, 0.15) is 0 Å². The average molecular weight is 402 g/mol. The second-order valence-corrected chi connectivity index (χ2v) is 5.52. The Morgan fingerprint density at radius 3 is 1.30 bits per heavy atom. The van der Waals surface area contributed by atoms with Crippen LogP contribution >= 0.6 is 31.9 Å². The van der Waals surface area contributed by atoms with Gasteiger partial charge < -0.3 is 10.2 Å². The highest BCUT2D eigenvalue weighted by Gasteiger charge is 2.14. The van der Waals surface area contributed by atoms with E-state index in [0.717, 1.165) is 8.95 Å². The van der Waals surface area contributed by atoms with Crippen LogP contribution in [0.5, 0.6) is 0 Å². The zero-order valence-corrected chi connectivity index (χ0v) is 13.3. The van der Waals surface area contributed by atoms with E-state index < -0.39 is 11.9 Å². The third kappa shape index (κ3) is 4.26. The summed E-state index contributed by atoms with van der Waals surface area (Å²) in [6, 6.07) is 13.2. The van der Waals surface area contributed by atoms with Crippen molar-refractivity contribution < 1.29 is 19.8 Å². The van der Waals surface area contributed by atoms with Crippen molar-refractivity contribution in [1.29, 1.82) is 0 Å². The highest BCUT2D eigenvalue weighted by atomic mass is 79.9. The molecule has 0 bridgehead atoms. The van der Waals surface area contributed by atoms with Gasteiger partial charge >= 0.3 is 11.9 Å². The molecule has 0 amide bonds. The summed E-state index contributed by atoms with van der Waals surface area (Å²) in [5.41, 5.74) is 0.655. The molecule has 2 aromatic rings. The maximum atomic E-state index is 11.7. The third-order valence-corrected chi connectivity index (χ3v) is 3.40. The Kier molecular flexibility index (Phi) is 6.06. The Balaban J connectivity index is 0.00000200. The first-order chi connectivity index (χ1) is 9.06. The van der Waals surface area contributed by atoms with Crippen LogP contribution in [0.4, 0.5) is 0 Å². The standard InChI is InChI=1S/C14H8Br2O3.H2O/c15-11-5-1-9(2-6-11)13(17)19-14(18)10-3-7-12(16)8-4-10;/h1-8H;1H2. The van der Waals surface area contributed by atoms with Crippen molar-refractivity contribution in [1.82, 2.24) is 0 Å². The number of halogens is 2. The average Bonchev–Trinajstić information content (AvgIpc) is 2.40. The fourth-order valence-corrected chi connectivity index (χ4v) is 1.90. The Morgan fingerprint density at radius 2 is 1.00 bits per heavy atom. The molecule has 0 aliphatic heterocycles. The zero-order chi connectivity index (χ0) is 13.8. The molecule has 0 aromatic heterocycles. The molecule has 6 heteroatoms. The first-order valence-electron chi connectivity index (χ1n) is 5.34. The summed E-state index contributed by atoms with van der Waals surface area (Å²) in [5.74, 6) is -1.33. The van der Waals surface area contributed by atoms with Crippen molar-refractivity contribution >= 4 is 43.8 Å². The van der Waals surface area contributed by atoms with Gasteiger partial charge in [0.05, 0.1) is 11.1 Å². The van der Waals surface area contributed by atoms with Crippen LogP contribution in [0.2, 0.25) is 0 Å². The lowest BCUT2D eigenvalue weighted by molar-refractivity contribution is 0.0398. The van der Waals surface area contributed by atoms with Crippen LogP contribution in [-0.4, -0.2) is 17.4 Å². The Labute approximate surface area is 132 Å². The fourth-order valence-electron chi connectivity index (χ4n) is 1.37. The maximum Gasteiger partial charge on any atom is 0.346 e. The molecule has 104 valence electrons. The van der Waals surface area contributed by atoms with Crippen LogP contribution in [0.1, 0.15) is 20.7 Å². The molecule has 2 aromatic carbocycles. The predicted molar refractivity (Wildman–Crippen MR) is 81.6 cm³/mol. The van der Waals surface area contributed by atoms with Gasteiger partial charge in [-0.1, -0.05) is 31.9 Å². The Bertz CT molecular complexity index is 551. The number of hydrogen-bond acceptors (Lipinski definition) is 3. The van der Waals surface area contributed by atoms with Gasteiger partial charge in [0.15, 0.2) is 0 Å². The minimum atomic E-state index is -0.666. The molecule has 0 saturated carbocycles. The molecule has 0 heterocycles. The molecule has 2 rings (SSSR count). The normalized spacial score (nSPS) is 9.50. The van der Waals surface area contributed by atoms with E-state index in [0.29, 0.717) is 11.1 Å².